The van der Waals surface area contributed by atoms with Gasteiger partial charge in [-0.15, -0.1) is 0 Å². The minimum Gasteiger partial charge on any atom is -0.388 e. The highest BCUT2D eigenvalue weighted by molar-refractivity contribution is 5.86. The van der Waals surface area contributed by atoms with Gasteiger partial charge in [-0.3, -0.25) is 4.79 Å². The second kappa shape index (κ2) is 4.55. The first-order valence-corrected chi connectivity index (χ1v) is 7.64. The molecule has 2 aliphatic rings. The van der Waals surface area contributed by atoms with Crippen LogP contribution in [0.5, 0.6) is 0 Å². The average molecular weight is 288 g/mol. The molecule has 1 amide bonds. The maximum atomic E-state index is 12.6. The predicted octanol–water partition coefficient (Wildman–Crippen LogP) is 1.68. The average Bonchev–Trinajstić information content (AvgIpc) is 2.88. The molecule has 0 unspecified atom stereocenters. The van der Waals surface area contributed by atoms with Gasteiger partial charge in [-0.25, -0.2) is 0 Å². The number of carbonyl (C=O) groups is 1. The number of hydrogen-bond acceptors (Lipinski definition) is 3. The zero-order chi connectivity index (χ0) is 15.4. The summed E-state index contributed by atoms with van der Waals surface area (Å²) in [5.41, 5.74) is 7.18. The number of aliphatic hydroxyl groups is 1. The third-order valence-corrected chi connectivity index (χ3v) is 5.18. The molecule has 0 bridgehead atoms. The summed E-state index contributed by atoms with van der Waals surface area (Å²) in [5.74, 6) is -0.0251. The molecule has 1 aromatic carbocycles. The quantitative estimate of drug-likeness (QED) is 0.870. The summed E-state index contributed by atoms with van der Waals surface area (Å²) in [5, 5.41) is 10.5. The van der Waals surface area contributed by atoms with Crippen LogP contribution < -0.4 is 5.73 Å². The molecule has 4 heteroatoms. The van der Waals surface area contributed by atoms with E-state index in [4.69, 9.17) is 5.73 Å². The minimum absolute atomic E-state index is 0.0251. The van der Waals surface area contributed by atoms with E-state index in [1.807, 2.05) is 17.0 Å². The molecule has 114 valence electrons. The van der Waals surface area contributed by atoms with Crippen LogP contribution in [0.15, 0.2) is 24.3 Å². The minimum atomic E-state index is -0.913. The fourth-order valence-corrected chi connectivity index (χ4v) is 4.26. The Hall–Kier alpha value is -1.39. The predicted molar refractivity (Wildman–Crippen MR) is 81.6 cm³/mol. The van der Waals surface area contributed by atoms with Gasteiger partial charge < -0.3 is 15.7 Å². The van der Waals surface area contributed by atoms with Crippen molar-refractivity contribution in [1.82, 2.24) is 4.90 Å². The van der Waals surface area contributed by atoms with Crippen molar-refractivity contribution in [2.45, 2.75) is 63.3 Å². The Morgan fingerprint density at radius 3 is 2.67 bits per heavy atom. The molecule has 0 aliphatic carbocycles. The molecule has 3 atom stereocenters. The molecule has 0 spiro atoms. The molecule has 2 saturated heterocycles. The molecule has 3 rings (SSSR count). The number of rotatable bonds is 2. The summed E-state index contributed by atoms with van der Waals surface area (Å²) in [6.07, 6.45) is 2.32. The third-order valence-electron chi connectivity index (χ3n) is 5.18. The van der Waals surface area contributed by atoms with E-state index in [1.165, 1.54) is 11.1 Å². The number of nitrogens with zero attached hydrogens (tertiary/aromatic N) is 1. The smallest absolute Gasteiger partial charge is 0.240 e. The molecule has 2 heterocycles. The lowest BCUT2D eigenvalue weighted by molar-refractivity contribution is -0.138. The molecule has 1 aromatic rings. The first-order valence-electron chi connectivity index (χ1n) is 7.64. The molecule has 0 aromatic heterocycles. The van der Waals surface area contributed by atoms with Crippen molar-refractivity contribution in [3.63, 3.8) is 0 Å². The number of nitrogens with two attached hydrogens (primary N) is 1. The second-order valence-electron chi connectivity index (χ2n) is 7.07. The first kappa shape index (κ1) is 14.5. The zero-order valence-electron chi connectivity index (χ0n) is 13.0. The summed E-state index contributed by atoms with van der Waals surface area (Å²) in [7, 11) is 0. The van der Waals surface area contributed by atoms with Crippen molar-refractivity contribution < 1.29 is 9.90 Å². The number of amides is 1. The standard InChI is InChI=1S/C17H24N2O2/c1-11-6-4-5-7-12(11)17-9-8-14(16(2,3)21)19(17)15(20)13(18)10-17/h4-7,13-14,21H,8-10,18H2,1-3H3/t13-,14+,17+/m0/s1. The van der Waals surface area contributed by atoms with Crippen molar-refractivity contribution in [1.29, 1.82) is 0 Å². The number of aryl methyl sites for hydroxylation is 1. The van der Waals surface area contributed by atoms with Gasteiger partial charge in [-0.1, -0.05) is 24.3 Å². The highest BCUT2D eigenvalue weighted by atomic mass is 16.3. The number of hydrogen-bond donors (Lipinski definition) is 2. The van der Waals surface area contributed by atoms with Gasteiger partial charge in [0.2, 0.25) is 5.91 Å². The molecule has 3 N–H and O–H groups in total. The first-order chi connectivity index (χ1) is 9.77. The maximum absolute atomic E-state index is 12.6. The highest BCUT2D eigenvalue weighted by Gasteiger charge is 2.59. The van der Waals surface area contributed by atoms with E-state index < -0.39 is 11.6 Å². The van der Waals surface area contributed by atoms with E-state index in [9.17, 15) is 9.90 Å². The van der Waals surface area contributed by atoms with Crippen LogP contribution in [0.3, 0.4) is 0 Å². The van der Waals surface area contributed by atoms with Crippen molar-refractivity contribution in [3.05, 3.63) is 35.4 Å². The highest BCUT2D eigenvalue weighted by Crippen LogP contribution is 2.52. The van der Waals surface area contributed by atoms with E-state index in [1.54, 1.807) is 13.8 Å². The van der Waals surface area contributed by atoms with Crippen LogP contribution in [0, 0.1) is 6.92 Å². The van der Waals surface area contributed by atoms with Crippen LogP contribution >= 0.6 is 0 Å². The van der Waals surface area contributed by atoms with Gasteiger partial charge in [0.05, 0.1) is 23.2 Å². The number of fused-ring (bicyclic) bond motifs is 1. The Labute approximate surface area is 125 Å². The molecule has 21 heavy (non-hydrogen) atoms. The zero-order valence-corrected chi connectivity index (χ0v) is 13.0. The van der Waals surface area contributed by atoms with E-state index in [0.717, 1.165) is 12.8 Å². The fourth-order valence-electron chi connectivity index (χ4n) is 4.26. The van der Waals surface area contributed by atoms with Gasteiger partial charge in [-0.2, -0.15) is 0 Å². The molecule has 4 nitrogen and oxygen atoms in total. The largest absolute Gasteiger partial charge is 0.388 e. The van der Waals surface area contributed by atoms with Crippen molar-refractivity contribution in [3.8, 4) is 0 Å². The Balaban J connectivity index is 2.13. The molecular weight excluding hydrogens is 264 g/mol. The fraction of sp³-hybridized carbons (Fsp3) is 0.588. The summed E-state index contributed by atoms with van der Waals surface area (Å²) in [4.78, 5) is 14.5. The molecule has 2 aliphatic heterocycles. The van der Waals surface area contributed by atoms with Gasteiger partial charge in [0.1, 0.15) is 0 Å². The van der Waals surface area contributed by atoms with E-state index >= 15 is 0 Å². The monoisotopic (exact) mass is 288 g/mol. The van der Waals surface area contributed by atoms with Gasteiger partial charge in [0.15, 0.2) is 0 Å². The SMILES string of the molecule is Cc1ccccc1[C@]12CC[C@H](C(C)(C)O)N1C(=O)[C@@H](N)C2. The van der Waals surface area contributed by atoms with Crippen LogP contribution in [0.4, 0.5) is 0 Å². The van der Waals surface area contributed by atoms with E-state index in [-0.39, 0.29) is 17.5 Å². The van der Waals surface area contributed by atoms with Crippen LogP contribution in [0.25, 0.3) is 0 Å². The second-order valence-corrected chi connectivity index (χ2v) is 7.07. The Morgan fingerprint density at radius 1 is 1.38 bits per heavy atom. The Bertz CT molecular complexity index is 578. The van der Waals surface area contributed by atoms with Crippen LogP contribution in [-0.2, 0) is 10.3 Å². The Kier molecular flexibility index (Phi) is 3.15. The van der Waals surface area contributed by atoms with Crippen molar-refractivity contribution >= 4 is 5.91 Å². The third kappa shape index (κ3) is 2.00. The molecule has 2 fully saturated rings. The summed E-state index contributed by atoms with van der Waals surface area (Å²) in [6, 6.07) is 7.57. The van der Waals surface area contributed by atoms with E-state index in [2.05, 4.69) is 19.1 Å². The molecular formula is C17H24N2O2. The van der Waals surface area contributed by atoms with Crippen LogP contribution in [0.1, 0.15) is 44.2 Å². The molecule has 0 saturated carbocycles. The van der Waals surface area contributed by atoms with Gasteiger partial charge in [0, 0.05) is 0 Å². The molecule has 0 radical (unpaired) electrons. The summed E-state index contributed by atoms with van der Waals surface area (Å²) < 4.78 is 0. The van der Waals surface area contributed by atoms with Crippen LogP contribution in [0.2, 0.25) is 0 Å². The van der Waals surface area contributed by atoms with Crippen molar-refractivity contribution in [2.24, 2.45) is 5.73 Å². The van der Waals surface area contributed by atoms with Gasteiger partial charge in [0.25, 0.3) is 0 Å². The number of benzene rings is 1. The lowest BCUT2D eigenvalue weighted by Crippen LogP contribution is -2.52. The Morgan fingerprint density at radius 2 is 2.05 bits per heavy atom. The topological polar surface area (TPSA) is 66.6 Å². The van der Waals surface area contributed by atoms with Crippen LogP contribution in [-0.4, -0.2) is 33.6 Å². The van der Waals surface area contributed by atoms with Gasteiger partial charge >= 0.3 is 0 Å². The number of carbonyl (C=O) groups excluding carboxylic acids is 1. The summed E-state index contributed by atoms with van der Waals surface area (Å²) >= 11 is 0. The van der Waals surface area contributed by atoms with E-state index in [0.29, 0.717) is 6.42 Å². The van der Waals surface area contributed by atoms with Gasteiger partial charge in [-0.05, 0) is 51.2 Å². The van der Waals surface area contributed by atoms with Crippen molar-refractivity contribution in [2.75, 3.05) is 0 Å². The lowest BCUT2D eigenvalue weighted by Gasteiger charge is -2.40. The lowest BCUT2D eigenvalue weighted by atomic mass is 9.82. The normalized spacial score (nSPS) is 32.6. The maximum Gasteiger partial charge on any atom is 0.240 e. The summed E-state index contributed by atoms with van der Waals surface area (Å²) in [6.45, 7) is 5.64.